The van der Waals surface area contributed by atoms with E-state index < -0.39 is 0 Å². The lowest BCUT2D eigenvalue weighted by atomic mass is 9.92. The standard InChI is InChI=1S/C13H16/c1-2-10-4-3-5-11-6-7-13(8-9-13)12(10)11/h3-5H,2,6-9H2,1H3. The molecule has 0 amide bonds. The average molecular weight is 172 g/mol. The van der Waals surface area contributed by atoms with Crippen molar-refractivity contribution in [2.45, 2.75) is 44.4 Å². The summed E-state index contributed by atoms with van der Waals surface area (Å²) in [4.78, 5) is 0. The Morgan fingerprint density at radius 3 is 2.77 bits per heavy atom. The Hall–Kier alpha value is -0.780. The van der Waals surface area contributed by atoms with Crippen LogP contribution in [0.3, 0.4) is 0 Å². The third kappa shape index (κ3) is 0.919. The lowest BCUT2D eigenvalue weighted by Gasteiger charge is -2.12. The molecular formula is C13H16. The molecule has 1 aromatic carbocycles. The van der Waals surface area contributed by atoms with Gasteiger partial charge in [0.1, 0.15) is 0 Å². The Balaban J connectivity index is 2.20. The van der Waals surface area contributed by atoms with Crippen molar-refractivity contribution in [2.24, 2.45) is 0 Å². The lowest BCUT2D eigenvalue weighted by Crippen LogP contribution is -2.03. The minimum absolute atomic E-state index is 0.669. The Labute approximate surface area is 80.0 Å². The van der Waals surface area contributed by atoms with Crippen molar-refractivity contribution in [3.05, 3.63) is 34.9 Å². The van der Waals surface area contributed by atoms with Gasteiger partial charge in [0.05, 0.1) is 0 Å². The van der Waals surface area contributed by atoms with Gasteiger partial charge in [0.2, 0.25) is 0 Å². The number of benzene rings is 1. The van der Waals surface area contributed by atoms with E-state index in [4.69, 9.17) is 0 Å². The quantitative estimate of drug-likeness (QED) is 0.610. The van der Waals surface area contributed by atoms with Crippen LogP contribution in [0.15, 0.2) is 18.2 Å². The van der Waals surface area contributed by atoms with Crippen molar-refractivity contribution in [3.63, 3.8) is 0 Å². The van der Waals surface area contributed by atoms with Gasteiger partial charge in [-0.2, -0.15) is 0 Å². The van der Waals surface area contributed by atoms with Crippen LogP contribution < -0.4 is 0 Å². The van der Waals surface area contributed by atoms with Gasteiger partial charge < -0.3 is 0 Å². The monoisotopic (exact) mass is 172 g/mol. The van der Waals surface area contributed by atoms with Crippen molar-refractivity contribution in [3.8, 4) is 0 Å². The molecule has 1 aromatic rings. The summed E-state index contributed by atoms with van der Waals surface area (Å²) in [5, 5.41) is 0. The van der Waals surface area contributed by atoms with Crippen LogP contribution in [0.25, 0.3) is 0 Å². The van der Waals surface area contributed by atoms with Crippen LogP contribution in [0.5, 0.6) is 0 Å². The molecule has 0 nitrogen and oxygen atoms in total. The van der Waals surface area contributed by atoms with Crippen LogP contribution in [0.1, 0.15) is 42.9 Å². The zero-order valence-electron chi connectivity index (χ0n) is 8.27. The minimum atomic E-state index is 0.669. The van der Waals surface area contributed by atoms with Crippen LogP contribution in [-0.2, 0) is 18.3 Å². The van der Waals surface area contributed by atoms with Gasteiger partial charge >= 0.3 is 0 Å². The van der Waals surface area contributed by atoms with E-state index in [-0.39, 0.29) is 0 Å². The first-order valence-corrected chi connectivity index (χ1v) is 5.47. The Morgan fingerprint density at radius 2 is 2.08 bits per heavy atom. The molecule has 1 spiro atoms. The van der Waals surface area contributed by atoms with Crippen molar-refractivity contribution >= 4 is 0 Å². The molecular weight excluding hydrogens is 156 g/mol. The first-order valence-electron chi connectivity index (χ1n) is 5.47. The molecule has 0 bridgehead atoms. The maximum absolute atomic E-state index is 2.33. The average Bonchev–Trinajstić information content (AvgIpc) is 2.84. The Morgan fingerprint density at radius 1 is 1.23 bits per heavy atom. The molecule has 68 valence electrons. The van der Waals surface area contributed by atoms with E-state index in [9.17, 15) is 0 Å². The molecule has 0 N–H and O–H groups in total. The summed E-state index contributed by atoms with van der Waals surface area (Å²) in [6.07, 6.45) is 6.89. The van der Waals surface area contributed by atoms with Gasteiger partial charge in [-0.1, -0.05) is 25.1 Å². The zero-order valence-corrected chi connectivity index (χ0v) is 8.27. The summed E-state index contributed by atoms with van der Waals surface area (Å²) in [6, 6.07) is 6.89. The molecule has 1 saturated carbocycles. The fraction of sp³-hybridized carbons (Fsp3) is 0.538. The van der Waals surface area contributed by atoms with E-state index in [1.807, 2.05) is 0 Å². The smallest absolute Gasteiger partial charge is 0.00377 e. The molecule has 2 aliphatic rings. The highest BCUT2D eigenvalue weighted by Gasteiger charge is 2.49. The zero-order chi connectivity index (χ0) is 8.89. The fourth-order valence-electron chi connectivity index (χ4n) is 2.99. The second kappa shape index (κ2) is 2.37. The number of hydrogen-bond donors (Lipinski definition) is 0. The van der Waals surface area contributed by atoms with Crippen LogP contribution in [0, 0.1) is 0 Å². The maximum Gasteiger partial charge on any atom is -0.00377 e. The van der Waals surface area contributed by atoms with Crippen molar-refractivity contribution in [1.82, 2.24) is 0 Å². The Bertz CT molecular complexity index is 345. The summed E-state index contributed by atoms with van der Waals surface area (Å²) in [6.45, 7) is 2.28. The van der Waals surface area contributed by atoms with E-state index >= 15 is 0 Å². The maximum atomic E-state index is 2.33. The van der Waals surface area contributed by atoms with E-state index in [2.05, 4.69) is 25.1 Å². The summed E-state index contributed by atoms with van der Waals surface area (Å²) in [5.41, 5.74) is 5.68. The second-order valence-electron chi connectivity index (χ2n) is 4.59. The lowest BCUT2D eigenvalue weighted by molar-refractivity contribution is 0.675. The summed E-state index contributed by atoms with van der Waals surface area (Å²) in [5.74, 6) is 0. The van der Waals surface area contributed by atoms with E-state index in [0.29, 0.717) is 5.41 Å². The van der Waals surface area contributed by atoms with Gasteiger partial charge in [-0.15, -0.1) is 0 Å². The topological polar surface area (TPSA) is 0 Å². The molecule has 0 heteroatoms. The van der Waals surface area contributed by atoms with Crippen molar-refractivity contribution in [1.29, 1.82) is 0 Å². The molecule has 2 aliphatic carbocycles. The Kier molecular flexibility index (Phi) is 1.39. The largest absolute Gasteiger partial charge is 0.0617 e. The predicted molar refractivity (Wildman–Crippen MR) is 55.1 cm³/mol. The van der Waals surface area contributed by atoms with E-state index in [1.165, 1.54) is 32.1 Å². The van der Waals surface area contributed by atoms with Gasteiger partial charge in [-0.25, -0.2) is 0 Å². The first kappa shape index (κ1) is 7.61. The van der Waals surface area contributed by atoms with E-state index in [0.717, 1.165) is 0 Å². The minimum Gasteiger partial charge on any atom is -0.0617 e. The molecule has 0 atom stereocenters. The molecule has 0 aliphatic heterocycles. The predicted octanol–water partition coefficient (Wildman–Crippen LogP) is 3.23. The fourth-order valence-corrected chi connectivity index (χ4v) is 2.99. The molecule has 0 heterocycles. The SMILES string of the molecule is CCc1cccc2c1C1(CC2)CC1. The van der Waals surface area contributed by atoms with Crippen LogP contribution in [0.4, 0.5) is 0 Å². The number of rotatable bonds is 1. The number of fused-ring (bicyclic) bond motifs is 2. The van der Waals surface area contributed by atoms with E-state index in [1.54, 1.807) is 16.7 Å². The van der Waals surface area contributed by atoms with Crippen molar-refractivity contribution in [2.75, 3.05) is 0 Å². The highest BCUT2D eigenvalue weighted by atomic mass is 14.5. The summed E-state index contributed by atoms with van der Waals surface area (Å²) >= 11 is 0. The molecule has 0 aromatic heterocycles. The van der Waals surface area contributed by atoms with Crippen LogP contribution in [-0.4, -0.2) is 0 Å². The highest BCUT2D eigenvalue weighted by molar-refractivity contribution is 5.48. The summed E-state index contributed by atoms with van der Waals surface area (Å²) in [7, 11) is 0. The number of hydrogen-bond acceptors (Lipinski definition) is 0. The van der Waals surface area contributed by atoms with Gasteiger partial charge in [0.15, 0.2) is 0 Å². The van der Waals surface area contributed by atoms with Gasteiger partial charge in [-0.3, -0.25) is 0 Å². The van der Waals surface area contributed by atoms with Gasteiger partial charge in [0, 0.05) is 0 Å². The number of aryl methyl sites for hydroxylation is 2. The highest BCUT2D eigenvalue weighted by Crippen LogP contribution is 2.57. The summed E-state index contributed by atoms with van der Waals surface area (Å²) < 4.78 is 0. The molecule has 13 heavy (non-hydrogen) atoms. The molecule has 0 saturated heterocycles. The van der Waals surface area contributed by atoms with Gasteiger partial charge in [0.25, 0.3) is 0 Å². The van der Waals surface area contributed by atoms with Crippen LogP contribution in [0.2, 0.25) is 0 Å². The third-order valence-corrected chi connectivity index (χ3v) is 3.87. The third-order valence-electron chi connectivity index (χ3n) is 3.87. The first-order chi connectivity index (χ1) is 6.36. The van der Waals surface area contributed by atoms with Crippen molar-refractivity contribution < 1.29 is 0 Å². The molecule has 0 radical (unpaired) electrons. The normalized spacial score (nSPS) is 21.9. The molecule has 1 fully saturated rings. The van der Waals surface area contributed by atoms with Crippen LogP contribution >= 0.6 is 0 Å². The molecule has 0 unspecified atom stereocenters. The second-order valence-corrected chi connectivity index (χ2v) is 4.59. The van der Waals surface area contributed by atoms with Gasteiger partial charge in [-0.05, 0) is 54.2 Å². The molecule has 3 rings (SSSR count).